The molecule has 2 aromatic heterocycles. The van der Waals surface area contributed by atoms with Crippen molar-refractivity contribution in [2.75, 3.05) is 16.5 Å². The Kier molecular flexibility index (Phi) is 11.8. The molecular weight excluding hydrogens is 865 g/mol. The first-order valence-corrected chi connectivity index (χ1v) is 25.5. The fourth-order valence-electron chi connectivity index (χ4n) is 10.7. The zero-order valence-corrected chi connectivity index (χ0v) is 44.1. The summed E-state index contributed by atoms with van der Waals surface area (Å²) < 4.78 is 9.49. The summed E-state index contributed by atoms with van der Waals surface area (Å²) in [6.07, 6.45) is 1.95. The number of anilines is 4. The first-order chi connectivity index (χ1) is 33.7. The number of pyridine rings is 1. The zero-order chi connectivity index (χ0) is 50.2. The number of nitrogens with zero attached hydrogens (tertiary/aromatic N) is 4. The van der Waals surface area contributed by atoms with Gasteiger partial charge in [0, 0.05) is 45.9 Å². The molecule has 0 bridgehead atoms. The van der Waals surface area contributed by atoms with Crippen molar-refractivity contribution in [2.45, 2.75) is 118 Å². The lowest BCUT2D eigenvalue weighted by Crippen LogP contribution is -2.24. The van der Waals surface area contributed by atoms with Gasteiger partial charge in [0.15, 0.2) is 0 Å². The number of rotatable bonds is 9. The number of fused-ring (bicyclic) bond motifs is 4. The molecule has 0 saturated carbocycles. The lowest BCUT2D eigenvalue weighted by Gasteiger charge is -2.32. The third kappa shape index (κ3) is 8.90. The van der Waals surface area contributed by atoms with Gasteiger partial charge in [-0.05, 0) is 133 Å². The number of para-hydroxylation sites is 1. The monoisotopic (exact) mass is 935 g/mol. The molecule has 0 unspecified atom stereocenters. The molecule has 0 radical (unpaired) electrons. The van der Waals surface area contributed by atoms with Gasteiger partial charge in [0.25, 0.3) is 0 Å². The molecule has 3 heterocycles. The zero-order valence-electron chi connectivity index (χ0n) is 44.1. The van der Waals surface area contributed by atoms with Crippen LogP contribution < -0.4 is 14.5 Å². The summed E-state index contributed by atoms with van der Waals surface area (Å²) in [5.74, 6) is 2.74. The molecular formula is C66H70N4O. The van der Waals surface area contributed by atoms with E-state index in [1.807, 2.05) is 6.20 Å². The van der Waals surface area contributed by atoms with E-state index in [1.165, 1.54) is 61.4 Å². The van der Waals surface area contributed by atoms with E-state index >= 15 is 0 Å². The van der Waals surface area contributed by atoms with Crippen LogP contribution in [0.1, 0.15) is 129 Å². The van der Waals surface area contributed by atoms with Crippen LogP contribution in [0.15, 0.2) is 170 Å². The minimum atomic E-state index is -0.227. The van der Waals surface area contributed by atoms with Crippen LogP contribution in [0.25, 0.3) is 38.8 Å². The second kappa shape index (κ2) is 17.6. The van der Waals surface area contributed by atoms with Gasteiger partial charge in [-0.15, -0.1) is 0 Å². The van der Waals surface area contributed by atoms with Crippen molar-refractivity contribution in [1.82, 2.24) is 9.55 Å². The summed E-state index contributed by atoms with van der Waals surface area (Å²) >= 11 is 0. The lowest BCUT2D eigenvalue weighted by molar-refractivity contribution is 0.483. The average Bonchev–Trinajstić information content (AvgIpc) is 3.89. The van der Waals surface area contributed by atoms with Crippen molar-refractivity contribution in [2.24, 2.45) is 0 Å². The molecule has 9 aromatic rings. The van der Waals surface area contributed by atoms with Gasteiger partial charge in [0.1, 0.15) is 24.0 Å². The minimum absolute atomic E-state index is 0.00645. The number of hydrogen-bond donors (Lipinski definition) is 0. The molecule has 0 fully saturated rings. The van der Waals surface area contributed by atoms with E-state index in [9.17, 15) is 0 Å². The largest absolute Gasteiger partial charge is 0.457 e. The Balaban J connectivity index is 1.14. The number of ether oxygens (including phenoxy) is 1. The molecule has 0 amide bonds. The summed E-state index contributed by atoms with van der Waals surface area (Å²) in [6.45, 7) is 30.7. The van der Waals surface area contributed by atoms with Gasteiger partial charge in [-0.25, -0.2) is 4.98 Å². The van der Waals surface area contributed by atoms with Crippen molar-refractivity contribution >= 4 is 44.6 Å². The van der Waals surface area contributed by atoms with Crippen molar-refractivity contribution < 1.29 is 4.74 Å². The predicted octanol–water partition coefficient (Wildman–Crippen LogP) is 18.2. The third-order valence-corrected chi connectivity index (χ3v) is 14.8. The van der Waals surface area contributed by atoms with Crippen LogP contribution in [0.2, 0.25) is 0 Å². The first-order valence-electron chi connectivity index (χ1n) is 25.5. The molecule has 1 aliphatic heterocycles. The van der Waals surface area contributed by atoms with E-state index in [-0.39, 0.29) is 21.7 Å². The van der Waals surface area contributed by atoms with Crippen molar-refractivity contribution in [3.05, 3.63) is 203 Å². The Hall–Kier alpha value is -7.11. The van der Waals surface area contributed by atoms with E-state index in [1.54, 1.807) is 0 Å². The fourth-order valence-corrected chi connectivity index (χ4v) is 10.7. The Morgan fingerprint density at radius 3 is 1.80 bits per heavy atom. The minimum Gasteiger partial charge on any atom is -0.457 e. The fraction of sp³-hybridized carbons (Fsp3) is 0.288. The molecule has 0 spiro atoms. The van der Waals surface area contributed by atoms with Crippen LogP contribution in [0, 0.1) is 0 Å². The van der Waals surface area contributed by atoms with Gasteiger partial charge >= 0.3 is 0 Å². The van der Waals surface area contributed by atoms with E-state index < -0.39 is 0 Å². The topological polar surface area (TPSA) is 33.5 Å². The van der Waals surface area contributed by atoms with Gasteiger partial charge in [-0.3, -0.25) is 4.57 Å². The quantitative estimate of drug-likeness (QED) is 0.144. The molecule has 0 aliphatic carbocycles. The molecule has 0 saturated heterocycles. The molecule has 360 valence electrons. The van der Waals surface area contributed by atoms with Crippen LogP contribution in [0.3, 0.4) is 0 Å². The second-order valence-corrected chi connectivity index (χ2v) is 23.7. The van der Waals surface area contributed by atoms with Gasteiger partial charge in [-0.2, -0.15) is 0 Å². The van der Waals surface area contributed by atoms with Crippen LogP contribution >= 0.6 is 0 Å². The highest BCUT2D eigenvalue weighted by Crippen LogP contribution is 2.51. The molecule has 0 atom stereocenters. The van der Waals surface area contributed by atoms with Crippen LogP contribution in [0.5, 0.6) is 11.5 Å². The van der Waals surface area contributed by atoms with Crippen LogP contribution in [-0.2, 0) is 21.7 Å². The predicted molar refractivity (Wildman–Crippen MR) is 301 cm³/mol. The average molecular weight is 935 g/mol. The number of hydrogen-bond acceptors (Lipinski definition) is 4. The van der Waals surface area contributed by atoms with Crippen LogP contribution in [-0.4, -0.2) is 16.2 Å². The van der Waals surface area contributed by atoms with E-state index in [0.717, 1.165) is 45.0 Å². The van der Waals surface area contributed by atoms with E-state index in [2.05, 4.69) is 268 Å². The summed E-state index contributed by atoms with van der Waals surface area (Å²) in [5, 5.41) is 2.32. The Bertz CT molecular complexity index is 3450. The van der Waals surface area contributed by atoms with Crippen molar-refractivity contribution in [1.29, 1.82) is 0 Å². The number of benzene rings is 7. The van der Waals surface area contributed by atoms with Gasteiger partial charge in [0.2, 0.25) is 0 Å². The van der Waals surface area contributed by atoms with Crippen LogP contribution in [0.4, 0.5) is 22.7 Å². The molecule has 10 rings (SSSR count). The molecule has 7 aromatic carbocycles. The van der Waals surface area contributed by atoms with Gasteiger partial charge < -0.3 is 14.5 Å². The lowest BCUT2D eigenvalue weighted by atomic mass is 9.74. The summed E-state index contributed by atoms with van der Waals surface area (Å²) in [6, 6.07) is 60.1. The maximum atomic E-state index is 7.19. The summed E-state index contributed by atoms with van der Waals surface area (Å²) in [5.41, 5.74) is 16.6. The highest BCUT2D eigenvalue weighted by atomic mass is 16.5. The highest BCUT2D eigenvalue weighted by molar-refractivity contribution is 6.09. The Morgan fingerprint density at radius 2 is 1.11 bits per heavy atom. The maximum absolute atomic E-state index is 7.19. The summed E-state index contributed by atoms with van der Waals surface area (Å²) in [7, 11) is 0. The van der Waals surface area contributed by atoms with Gasteiger partial charge in [0.05, 0.1) is 22.4 Å². The molecule has 5 heteroatoms. The van der Waals surface area contributed by atoms with Crippen molar-refractivity contribution in [3.8, 4) is 28.4 Å². The van der Waals surface area contributed by atoms with Crippen molar-refractivity contribution in [3.63, 3.8) is 0 Å². The second-order valence-electron chi connectivity index (χ2n) is 23.7. The molecule has 1 aliphatic rings. The Morgan fingerprint density at radius 1 is 0.479 bits per heavy atom. The standard InChI is InChI=1S/C66H70N4O/c1-43(2)52-26-17-18-27-53(52)44-34-49(69-42-68(48-25-21-24-46(36-48)63(3,4)5)60-40-56(64(6,7)8)57(41-61(60)69)65(9,10)11)38-51(35-44)71-50-30-31-55-54-28-19-20-29-58(54)70(59(55)39-50)62-37-47(32-33-67-62)66(12,13)45-22-15-14-16-23-45/h14-41,43H,42H2,1-13H3. The normalized spacial score (nSPS) is 13.4. The Labute approximate surface area is 422 Å². The first kappa shape index (κ1) is 47.6. The molecule has 0 N–H and O–H groups in total. The third-order valence-electron chi connectivity index (χ3n) is 14.8. The van der Waals surface area contributed by atoms with E-state index in [4.69, 9.17) is 9.72 Å². The summed E-state index contributed by atoms with van der Waals surface area (Å²) in [4.78, 5) is 10.1. The van der Waals surface area contributed by atoms with E-state index in [0.29, 0.717) is 12.6 Å². The molecule has 5 nitrogen and oxygen atoms in total. The van der Waals surface area contributed by atoms with Gasteiger partial charge in [-0.1, -0.05) is 175 Å². The number of aromatic nitrogens is 2. The smallest absolute Gasteiger partial charge is 0.137 e. The SMILES string of the molecule is CC(C)c1ccccc1-c1cc(Oc2ccc3c4ccccc4n(-c4cc(C(C)(C)c5ccccc5)ccn4)c3c2)cc(N2CN(c3cccc(C(C)(C)C)c3)c3cc(C(C)(C)C)c(C(C)(C)C)cc32)c1. The highest BCUT2D eigenvalue weighted by Gasteiger charge is 2.35. The molecule has 71 heavy (non-hydrogen) atoms. The maximum Gasteiger partial charge on any atom is 0.137 e.